The molecule has 3 aliphatic carbocycles. The van der Waals surface area contributed by atoms with E-state index in [9.17, 15) is 14.4 Å². The number of carbonyl (C=O) groups excluding carboxylic acids is 3. The molecule has 124 valence electrons. The van der Waals surface area contributed by atoms with Crippen molar-refractivity contribution in [3.8, 4) is 0 Å². The summed E-state index contributed by atoms with van der Waals surface area (Å²) in [5, 5.41) is 2.95. The Morgan fingerprint density at radius 2 is 1.88 bits per heavy atom. The second-order valence-electron chi connectivity index (χ2n) is 7.96. The summed E-state index contributed by atoms with van der Waals surface area (Å²) >= 11 is 0. The van der Waals surface area contributed by atoms with Crippen molar-refractivity contribution >= 4 is 29.1 Å². The van der Waals surface area contributed by atoms with Gasteiger partial charge in [0.05, 0.1) is 16.5 Å². The lowest BCUT2D eigenvalue weighted by atomic mass is 9.84. The molecule has 4 fully saturated rings. The van der Waals surface area contributed by atoms with Crippen LogP contribution in [0.4, 0.5) is 11.4 Å². The molecule has 0 atom stereocenters. The lowest BCUT2D eigenvalue weighted by Crippen LogP contribution is -2.34. The molecule has 0 aromatic heterocycles. The van der Waals surface area contributed by atoms with Crippen LogP contribution in [0.5, 0.6) is 0 Å². The third-order valence-electron chi connectivity index (χ3n) is 6.45. The van der Waals surface area contributed by atoms with Crippen molar-refractivity contribution in [3.05, 3.63) is 24.3 Å². The summed E-state index contributed by atoms with van der Waals surface area (Å²) in [4.78, 5) is 38.9. The summed E-state index contributed by atoms with van der Waals surface area (Å²) in [7, 11) is 0. The molecule has 4 aliphatic rings. The largest absolute Gasteiger partial charge is 0.326 e. The molecular weight excluding hydrogens is 304 g/mol. The van der Waals surface area contributed by atoms with Crippen molar-refractivity contribution in [2.45, 2.75) is 44.9 Å². The third kappa shape index (κ3) is 1.84. The van der Waals surface area contributed by atoms with Crippen molar-refractivity contribution in [2.75, 3.05) is 10.2 Å². The molecule has 24 heavy (non-hydrogen) atoms. The van der Waals surface area contributed by atoms with Gasteiger partial charge < -0.3 is 5.32 Å². The SMILES string of the molecule is O=C1CC2(CCCC2)C(=O)N1c1cccc(NC(=O)C23CC2C3)c1. The molecule has 3 amide bonds. The number of amides is 3. The zero-order valence-electron chi connectivity index (χ0n) is 13.5. The highest BCUT2D eigenvalue weighted by Crippen LogP contribution is 2.75. The van der Waals surface area contributed by atoms with Gasteiger partial charge in [0.1, 0.15) is 0 Å². The fourth-order valence-electron chi connectivity index (χ4n) is 4.55. The van der Waals surface area contributed by atoms with Gasteiger partial charge in [-0.15, -0.1) is 0 Å². The molecule has 1 aromatic rings. The first-order chi connectivity index (χ1) is 11.5. The summed E-state index contributed by atoms with van der Waals surface area (Å²) in [5.41, 5.74) is 0.679. The molecule has 5 rings (SSSR count). The maximum atomic E-state index is 12.9. The zero-order chi connectivity index (χ0) is 16.5. The van der Waals surface area contributed by atoms with Crippen molar-refractivity contribution < 1.29 is 14.4 Å². The topological polar surface area (TPSA) is 66.5 Å². The van der Waals surface area contributed by atoms with Crippen LogP contribution in [0.1, 0.15) is 44.9 Å². The van der Waals surface area contributed by atoms with Gasteiger partial charge in [-0.2, -0.15) is 0 Å². The van der Waals surface area contributed by atoms with E-state index in [4.69, 9.17) is 0 Å². The number of hydrogen-bond donors (Lipinski definition) is 1. The molecule has 5 heteroatoms. The summed E-state index contributed by atoms with van der Waals surface area (Å²) in [6.07, 6.45) is 6.00. The van der Waals surface area contributed by atoms with Crippen molar-refractivity contribution in [3.63, 3.8) is 0 Å². The van der Waals surface area contributed by atoms with E-state index in [-0.39, 0.29) is 23.1 Å². The number of nitrogens with zero attached hydrogens (tertiary/aromatic N) is 1. The van der Waals surface area contributed by atoms with Crippen LogP contribution in [0, 0.1) is 16.7 Å². The van der Waals surface area contributed by atoms with Crippen LogP contribution in [0.3, 0.4) is 0 Å². The normalized spacial score (nSPS) is 32.2. The molecule has 5 nitrogen and oxygen atoms in total. The van der Waals surface area contributed by atoms with Crippen LogP contribution >= 0.6 is 0 Å². The molecule has 1 aromatic carbocycles. The van der Waals surface area contributed by atoms with Gasteiger partial charge in [0.15, 0.2) is 0 Å². The fourth-order valence-corrected chi connectivity index (χ4v) is 4.55. The Morgan fingerprint density at radius 3 is 2.54 bits per heavy atom. The highest BCUT2D eigenvalue weighted by atomic mass is 16.2. The third-order valence-corrected chi connectivity index (χ3v) is 6.45. The number of hydrogen-bond acceptors (Lipinski definition) is 3. The van der Waals surface area contributed by atoms with E-state index in [0.717, 1.165) is 38.5 Å². The highest BCUT2D eigenvalue weighted by molar-refractivity contribution is 6.22. The number of carbonyl (C=O) groups is 3. The molecule has 0 bridgehead atoms. The maximum Gasteiger partial charge on any atom is 0.240 e. The number of anilines is 2. The predicted octanol–water partition coefficient (Wildman–Crippen LogP) is 2.86. The summed E-state index contributed by atoms with van der Waals surface area (Å²) in [5.74, 6) is 0.491. The average molecular weight is 324 g/mol. The maximum absolute atomic E-state index is 12.9. The molecule has 1 N–H and O–H groups in total. The van der Waals surface area contributed by atoms with Gasteiger partial charge in [-0.25, -0.2) is 4.90 Å². The van der Waals surface area contributed by atoms with Crippen molar-refractivity contribution in [2.24, 2.45) is 16.7 Å². The number of fused-ring (bicyclic) bond motifs is 1. The second-order valence-corrected chi connectivity index (χ2v) is 7.96. The van der Waals surface area contributed by atoms with Crippen molar-refractivity contribution in [1.29, 1.82) is 0 Å². The Hall–Kier alpha value is -2.17. The average Bonchev–Trinajstić information content (AvgIpc) is 3.34. The number of rotatable bonds is 3. The Morgan fingerprint density at radius 1 is 1.17 bits per heavy atom. The molecule has 3 saturated carbocycles. The summed E-state index contributed by atoms with van der Waals surface area (Å²) in [6, 6.07) is 7.13. The quantitative estimate of drug-likeness (QED) is 0.870. The van der Waals surface area contributed by atoms with Gasteiger partial charge in [0.2, 0.25) is 17.7 Å². The van der Waals surface area contributed by atoms with Gasteiger partial charge in [0.25, 0.3) is 0 Å². The Labute approximate surface area is 140 Å². The molecule has 1 heterocycles. The van der Waals surface area contributed by atoms with E-state index in [0.29, 0.717) is 23.7 Å². The zero-order valence-corrected chi connectivity index (χ0v) is 13.5. The van der Waals surface area contributed by atoms with E-state index in [1.807, 2.05) is 6.07 Å². The lowest BCUT2D eigenvalue weighted by molar-refractivity contribution is -0.125. The molecule has 1 aliphatic heterocycles. The summed E-state index contributed by atoms with van der Waals surface area (Å²) < 4.78 is 0. The van der Waals surface area contributed by atoms with Gasteiger partial charge in [-0.05, 0) is 49.8 Å². The predicted molar refractivity (Wildman–Crippen MR) is 88.2 cm³/mol. The first kappa shape index (κ1) is 14.2. The van der Waals surface area contributed by atoms with E-state index in [1.165, 1.54) is 4.90 Å². The first-order valence-corrected chi connectivity index (χ1v) is 8.83. The number of benzene rings is 1. The van der Waals surface area contributed by atoms with Crippen LogP contribution in [-0.2, 0) is 14.4 Å². The van der Waals surface area contributed by atoms with E-state index in [2.05, 4.69) is 5.32 Å². The first-order valence-electron chi connectivity index (χ1n) is 8.83. The minimum atomic E-state index is -0.468. The van der Waals surface area contributed by atoms with Crippen molar-refractivity contribution in [1.82, 2.24) is 0 Å². The molecule has 1 saturated heterocycles. The van der Waals surface area contributed by atoms with E-state index >= 15 is 0 Å². The van der Waals surface area contributed by atoms with Crippen LogP contribution in [0.15, 0.2) is 24.3 Å². The van der Waals surface area contributed by atoms with E-state index < -0.39 is 5.41 Å². The van der Waals surface area contributed by atoms with Crippen LogP contribution in [0.2, 0.25) is 0 Å². The van der Waals surface area contributed by atoms with Crippen LogP contribution in [0.25, 0.3) is 0 Å². The molecular formula is C19H20N2O3. The van der Waals surface area contributed by atoms with Crippen LogP contribution < -0.4 is 10.2 Å². The molecule has 0 radical (unpaired) electrons. The summed E-state index contributed by atoms with van der Waals surface area (Å²) in [6.45, 7) is 0. The Balaban J connectivity index is 1.40. The standard InChI is InChI=1S/C19H20N2O3/c22-15-11-18(6-1-2-7-18)17(24)21(15)14-5-3-4-13(8-14)20-16(23)19-9-12(19)10-19/h3-5,8,12H,1-2,6-7,9-11H2,(H,20,23). The molecule has 0 unspecified atom stereocenters. The smallest absolute Gasteiger partial charge is 0.240 e. The minimum absolute atomic E-state index is 0.0588. The minimum Gasteiger partial charge on any atom is -0.326 e. The Kier molecular flexibility index (Phi) is 2.64. The van der Waals surface area contributed by atoms with Gasteiger partial charge in [-0.1, -0.05) is 18.9 Å². The van der Waals surface area contributed by atoms with Crippen LogP contribution in [-0.4, -0.2) is 17.7 Å². The van der Waals surface area contributed by atoms with Gasteiger partial charge >= 0.3 is 0 Å². The lowest BCUT2D eigenvalue weighted by Gasteiger charge is -2.21. The van der Waals surface area contributed by atoms with Gasteiger partial charge in [-0.3, -0.25) is 14.4 Å². The highest BCUT2D eigenvalue weighted by Gasteiger charge is 2.74. The van der Waals surface area contributed by atoms with Gasteiger partial charge in [0, 0.05) is 12.1 Å². The van der Waals surface area contributed by atoms with E-state index in [1.54, 1.807) is 18.2 Å². The second kappa shape index (κ2) is 4.47. The number of nitrogens with one attached hydrogen (secondary N) is 1. The Bertz CT molecular complexity index is 773. The fraction of sp³-hybridized carbons (Fsp3) is 0.526. The number of imide groups is 1. The molecule has 1 spiro atoms. The monoisotopic (exact) mass is 324 g/mol.